The van der Waals surface area contributed by atoms with Crippen molar-refractivity contribution in [2.45, 2.75) is 25.6 Å². The zero-order chi connectivity index (χ0) is 14.0. The van der Waals surface area contributed by atoms with Crippen LogP contribution in [0.15, 0.2) is 18.3 Å². The summed E-state index contributed by atoms with van der Waals surface area (Å²) in [5.41, 5.74) is 6.90. The molecule has 0 saturated carbocycles. The van der Waals surface area contributed by atoms with Gasteiger partial charge in [0.2, 0.25) is 0 Å². The van der Waals surface area contributed by atoms with Crippen molar-refractivity contribution in [3.05, 3.63) is 24.0 Å². The van der Waals surface area contributed by atoms with Gasteiger partial charge in [-0.25, -0.2) is 0 Å². The summed E-state index contributed by atoms with van der Waals surface area (Å²) in [5, 5.41) is 9.33. The van der Waals surface area contributed by atoms with Gasteiger partial charge in [0.15, 0.2) is 0 Å². The minimum absolute atomic E-state index is 0.00711. The van der Waals surface area contributed by atoms with E-state index in [0.29, 0.717) is 12.2 Å². The second kappa shape index (κ2) is 5.40. The molecule has 19 heavy (non-hydrogen) atoms. The van der Waals surface area contributed by atoms with Crippen LogP contribution in [0.2, 0.25) is 0 Å². The van der Waals surface area contributed by atoms with E-state index in [9.17, 15) is 5.11 Å². The third-order valence-electron chi connectivity index (χ3n) is 3.05. The number of thiocarbonyl (C=S) groups is 1. The molecule has 0 spiro atoms. The molecule has 3 N–H and O–H groups in total. The number of pyridine rings is 1. The number of aromatic nitrogens is 1. The first kappa shape index (κ1) is 14.2. The van der Waals surface area contributed by atoms with Gasteiger partial charge in [-0.05, 0) is 26.0 Å². The highest BCUT2D eigenvalue weighted by molar-refractivity contribution is 7.80. The van der Waals surface area contributed by atoms with Gasteiger partial charge in [-0.2, -0.15) is 0 Å². The predicted octanol–water partition coefficient (Wildman–Crippen LogP) is 0.692. The van der Waals surface area contributed by atoms with Crippen LogP contribution in [0.25, 0.3) is 0 Å². The number of rotatable bonds is 3. The molecule has 1 unspecified atom stereocenters. The maximum Gasteiger partial charge on any atom is 0.122 e. The predicted molar refractivity (Wildman–Crippen MR) is 78.4 cm³/mol. The Labute approximate surface area is 118 Å². The fraction of sp³-hybridized carbons (Fsp3) is 0.538. The van der Waals surface area contributed by atoms with Gasteiger partial charge in [-0.15, -0.1) is 0 Å². The van der Waals surface area contributed by atoms with Crippen LogP contribution in [0.5, 0.6) is 0 Å². The molecule has 2 heterocycles. The molecular weight excluding hydrogens is 262 g/mol. The third kappa shape index (κ3) is 3.40. The Morgan fingerprint density at radius 2 is 2.42 bits per heavy atom. The quantitative estimate of drug-likeness (QED) is 0.794. The summed E-state index contributed by atoms with van der Waals surface area (Å²) in [4.78, 5) is 6.58. The first-order valence-electron chi connectivity index (χ1n) is 6.21. The van der Waals surface area contributed by atoms with Crippen molar-refractivity contribution in [2.75, 3.05) is 24.6 Å². The molecule has 0 aliphatic carbocycles. The van der Waals surface area contributed by atoms with Crippen LogP contribution in [-0.2, 0) is 4.74 Å². The summed E-state index contributed by atoms with van der Waals surface area (Å²) in [5.74, 6) is 0. The number of anilines is 1. The molecule has 0 bridgehead atoms. The first-order chi connectivity index (χ1) is 8.91. The number of ether oxygens (including phenoxy) is 1. The van der Waals surface area contributed by atoms with Gasteiger partial charge in [0, 0.05) is 25.0 Å². The van der Waals surface area contributed by atoms with Crippen molar-refractivity contribution in [2.24, 2.45) is 5.73 Å². The summed E-state index contributed by atoms with van der Waals surface area (Å²) in [6.07, 6.45) is 1.51. The highest BCUT2D eigenvalue weighted by atomic mass is 32.1. The van der Waals surface area contributed by atoms with E-state index >= 15 is 0 Å². The zero-order valence-corrected chi connectivity index (χ0v) is 12.0. The van der Waals surface area contributed by atoms with Crippen molar-refractivity contribution >= 4 is 22.9 Å². The van der Waals surface area contributed by atoms with Gasteiger partial charge in [0.25, 0.3) is 0 Å². The van der Waals surface area contributed by atoms with E-state index in [1.807, 2.05) is 26.0 Å². The second-order valence-corrected chi connectivity index (χ2v) is 5.77. The molecular formula is C13H19N3O2S. The van der Waals surface area contributed by atoms with Crippen molar-refractivity contribution in [1.29, 1.82) is 0 Å². The maximum atomic E-state index is 9.33. The van der Waals surface area contributed by atoms with Crippen LogP contribution >= 0.6 is 12.2 Å². The first-order valence-corrected chi connectivity index (χ1v) is 6.61. The average Bonchev–Trinajstić information content (AvgIpc) is 2.37. The normalized spacial score (nSPS) is 22.3. The minimum Gasteiger partial charge on any atom is -0.394 e. The molecule has 1 aromatic rings. The minimum atomic E-state index is -0.307. The van der Waals surface area contributed by atoms with Gasteiger partial charge >= 0.3 is 0 Å². The van der Waals surface area contributed by atoms with Crippen LogP contribution < -0.4 is 10.6 Å². The topological polar surface area (TPSA) is 71.6 Å². The molecule has 0 radical (unpaired) electrons. The highest BCUT2D eigenvalue weighted by Crippen LogP contribution is 2.26. The fourth-order valence-electron chi connectivity index (χ4n) is 2.34. The molecule has 0 amide bonds. The lowest BCUT2D eigenvalue weighted by molar-refractivity contribution is -0.101. The molecule has 6 heteroatoms. The molecule has 1 aliphatic rings. The summed E-state index contributed by atoms with van der Waals surface area (Å²) in [7, 11) is 0. The monoisotopic (exact) mass is 281 g/mol. The van der Waals surface area contributed by atoms with Crippen LogP contribution in [-0.4, -0.2) is 46.5 Å². The molecule has 1 aromatic heterocycles. The van der Waals surface area contributed by atoms with Crippen molar-refractivity contribution < 1.29 is 9.84 Å². The van der Waals surface area contributed by atoms with E-state index in [4.69, 9.17) is 22.7 Å². The lowest BCUT2D eigenvalue weighted by Gasteiger charge is -2.43. The smallest absolute Gasteiger partial charge is 0.122 e. The van der Waals surface area contributed by atoms with Crippen LogP contribution in [0.1, 0.15) is 19.5 Å². The number of hydrogen-bond donors (Lipinski definition) is 2. The SMILES string of the molecule is CC1(C)CN(c2ccnc(C(N)=S)c2)CC(CO)O1. The summed E-state index contributed by atoms with van der Waals surface area (Å²) in [6.45, 7) is 5.41. The van der Waals surface area contributed by atoms with Gasteiger partial charge in [-0.3, -0.25) is 4.98 Å². The van der Waals surface area contributed by atoms with Crippen molar-refractivity contribution in [3.63, 3.8) is 0 Å². The van der Waals surface area contributed by atoms with Gasteiger partial charge in [0.1, 0.15) is 4.99 Å². The molecule has 104 valence electrons. The Bertz CT molecular complexity index is 479. The maximum absolute atomic E-state index is 9.33. The molecule has 1 atom stereocenters. The van der Waals surface area contributed by atoms with Gasteiger partial charge in [-0.1, -0.05) is 12.2 Å². The number of morpholine rings is 1. The van der Waals surface area contributed by atoms with Crippen molar-refractivity contribution in [1.82, 2.24) is 4.98 Å². The largest absolute Gasteiger partial charge is 0.394 e. The van der Waals surface area contributed by atoms with Crippen molar-refractivity contribution in [3.8, 4) is 0 Å². The molecule has 2 rings (SSSR count). The third-order valence-corrected chi connectivity index (χ3v) is 3.26. The summed E-state index contributed by atoms with van der Waals surface area (Å²) < 4.78 is 5.79. The van der Waals surface area contributed by atoms with Crippen LogP contribution in [0.4, 0.5) is 5.69 Å². The molecule has 1 fully saturated rings. The van der Waals surface area contributed by atoms with Gasteiger partial charge in [0.05, 0.1) is 24.0 Å². The van der Waals surface area contributed by atoms with Crippen LogP contribution in [0, 0.1) is 0 Å². The molecule has 1 saturated heterocycles. The van der Waals surface area contributed by atoms with Gasteiger partial charge < -0.3 is 20.5 Å². The molecule has 5 nitrogen and oxygen atoms in total. The lowest BCUT2D eigenvalue weighted by atomic mass is 10.0. The fourth-order valence-corrected chi connectivity index (χ4v) is 2.45. The highest BCUT2D eigenvalue weighted by Gasteiger charge is 2.33. The summed E-state index contributed by atoms with van der Waals surface area (Å²) >= 11 is 4.95. The molecule has 0 aromatic carbocycles. The second-order valence-electron chi connectivity index (χ2n) is 5.33. The Morgan fingerprint density at radius 1 is 1.68 bits per heavy atom. The van der Waals surface area contributed by atoms with E-state index in [0.717, 1.165) is 12.2 Å². The van der Waals surface area contributed by atoms with E-state index in [2.05, 4.69) is 9.88 Å². The average molecular weight is 281 g/mol. The van der Waals surface area contributed by atoms with E-state index < -0.39 is 0 Å². The van der Waals surface area contributed by atoms with E-state index in [-0.39, 0.29) is 23.3 Å². The number of hydrogen-bond acceptors (Lipinski definition) is 5. The van der Waals surface area contributed by atoms with E-state index in [1.165, 1.54) is 0 Å². The Kier molecular flexibility index (Phi) is 4.03. The molecule has 1 aliphatic heterocycles. The standard InChI is InChI=1S/C13H19N3O2S/c1-13(2)8-16(6-10(7-17)18-13)9-3-4-15-11(5-9)12(14)19/h3-5,10,17H,6-8H2,1-2H3,(H2,14,19). The Balaban J connectivity index is 2.25. The number of aliphatic hydroxyl groups is 1. The zero-order valence-electron chi connectivity index (χ0n) is 11.2. The number of nitrogens with zero attached hydrogens (tertiary/aromatic N) is 2. The lowest BCUT2D eigenvalue weighted by Crippen LogP contribution is -2.54. The van der Waals surface area contributed by atoms with Crippen LogP contribution in [0.3, 0.4) is 0 Å². The number of nitrogens with two attached hydrogens (primary N) is 1. The summed E-state index contributed by atoms with van der Waals surface area (Å²) in [6, 6.07) is 3.79. The Morgan fingerprint density at radius 3 is 3.05 bits per heavy atom. The number of aliphatic hydroxyl groups excluding tert-OH is 1. The Hall–Kier alpha value is -1.24. The van der Waals surface area contributed by atoms with E-state index in [1.54, 1.807) is 6.20 Å².